The van der Waals surface area contributed by atoms with Gasteiger partial charge in [0.2, 0.25) is 0 Å². The Morgan fingerprint density at radius 1 is 1.00 bits per heavy atom. The molecule has 0 fully saturated rings. The van der Waals surface area contributed by atoms with E-state index < -0.39 is 0 Å². The Kier molecular flexibility index (Phi) is 4.15. The lowest BCUT2D eigenvalue weighted by molar-refractivity contribution is 1.43. The number of benzene rings is 2. The Morgan fingerprint density at radius 2 is 1.74 bits per heavy atom. The van der Waals surface area contributed by atoms with E-state index in [1.807, 2.05) is 30.4 Å². The highest BCUT2D eigenvalue weighted by Gasteiger charge is 2.00. The second kappa shape index (κ2) is 6.01. The maximum atomic E-state index is 3.91. The fraction of sp³-hybridized carbons (Fsp3) is 0.0526. The molecule has 2 aromatic carbocycles. The maximum absolute atomic E-state index is 3.91. The van der Waals surface area contributed by atoms with Gasteiger partial charge in [-0.15, -0.1) is 0 Å². The van der Waals surface area contributed by atoms with E-state index in [1.54, 1.807) is 0 Å². The van der Waals surface area contributed by atoms with Crippen LogP contribution >= 0.6 is 0 Å². The predicted octanol–water partition coefficient (Wildman–Crippen LogP) is 5.36. The topological polar surface area (TPSA) is 0 Å². The number of hydrogen-bond acceptors (Lipinski definition) is 0. The van der Waals surface area contributed by atoms with Crippen LogP contribution in [0, 0.1) is 6.92 Å². The van der Waals surface area contributed by atoms with Crippen LogP contribution in [0.1, 0.15) is 22.3 Å². The van der Waals surface area contributed by atoms with E-state index >= 15 is 0 Å². The van der Waals surface area contributed by atoms with E-state index in [0.717, 1.165) is 11.1 Å². The highest BCUT2D eigenvalue weighted by atomic mass is 14.0. The quantitative estimate of drug-likeness (QED) is 0.503. The molecule has 0 heteroatoms. The number of rotatable bonds is 4. The second-order valence-corrected chi connectivity index (χ2v) is 4.49. The summed E-state index contributed by atoms with van der Waals surface area (Å²) >= 11 is 0. The van der Waals surface area contributed by atoms with Crippen molar-refractivity contribution in [3.8, 4) is 0 Å². The van der Waals surface area contributed by atoms with Crippen LogP contribution in [-0.2, 0) is 0 Å². The molecule has 2 rings (SSSR count). The summed E-state index contributed by atoms with van der Waals surface area (Å²) < 4.78 is 0. The van der Waals surface area contributed by atoms with Crippen LogP contribution in [0.5, 0.6) is 0 Å². The van der Waals surface area contributed by atoms with Crippen LogP contribution in [0.2, 0.25) is 0 Å². The van der Waals surface area contributed by atoms with Gasteiger partial charge in [0, 0.05) is 0 Å². The van der Waals surface area contributed by atoms with Crippen molar-refractivity contribution in [1.29, 1.82) is 0 Å². The minimum atomic E-state index is 1.13. The van der Waals surface area contributed by atoms with Gasteiger partial charge in [0.15, 0.2) is 0 Å². The van der Waals surface area contributed by atoms with Crippen LogP contribution in [0.15, 0.2) is 67.8 Å². The Morgan fingerprint density at radius 3 is 2.32 bits per heavy atom. The zero-order valence-electron chi connectivity index (χ0n) is 11.3. The van der Waals surface area contributed by atoms with E-state index in [0.29, 0.717) is 0 Å². The fourth-order valence-electron chi connectivity index (χ4n) is 2.05. The molecule has 0 spiro atoms. The monoisotopic (exact) mass is 246 g/mol. The smallest absolute Gasteiger partial charge is 0.0184 e. The van der Waals surface area contributed by atoms with Gasteiger partial charge < -0.3 is 0 Å². The summed E-state index contributed by atoms with van der Waals surface area (Å²) in [6.07, 6.45) is 5.94. The van der Waals surface area contributed by atoms with E-state index in [2.05, 4.69) is 56.5 Å². The van der Waals surface area contributed by atoms with E-state index in [4.69, 9.17) is 0 Å². The molecular weight excluding hydrogens is 228 g/mol. The standard InChI is InChI=1S/C19H18/c1-4-16-11-12-19(15(3)13-16)14-17(5-2)18-9-7-6-8-10-18/h4-14H,1-2H2,3H3/b17-14+. The van der Waals surface area contributed by atoms with Gasteiger partial charge >= 0.3 is 0 Å². The van der Waals surface area contributed by atoms with Gasteiger partial charge in [-0.25, -0.2) is 0 Å². The minimum absolute atomic E-state index is 1.13. The lowest BCUT2D eigenvalue weighted by Gasteiger charge is -2.06. The molecule has 0 aromatic heterocycles. The first-order chi connectivity index (χ1) is 9.24. The molecule has 0 nitrogen and oxygen atoms in total. The predicted molar refractivity (Wildman–Crippen MR) is 85.8 cm³/mol. The number of hydrogen-bond donors (Lipinski definition) is 0. The first-order valence-corrected chi connectivity index (χ1v) is 6.37. The van der Waals surface area contributed by atoms with Crippen molar-refractivity contribution >= 4 is 17.7 Å². The third kappa shape index (κ3) is 3.11. The lowest BCUT2D eigenvalue weighted by Crippen LogP contribution is -1.85. The summed E-state index contributed by atoms with van der Waals surface area (Å²) in [5.74, 6) is 0. The van der Waals surface area contributed by atoms with Crippen LogP contribution in [-0.4, -0.2) is 0 Å². The van der Waals surface area contributed by atoms with E-state index in [1.165, 1.54) is 16.7 Å². The largest absolute Gasteiger partial charge is 0.0985 e. The van der Waals surface area contributed by atoms with Gasteiger partial charge in [0.05, 0.1) is 0 Å². The molecule has 0 aliphatic carbocycles. The van der Waals surface area contributed by atoms with Crippen molar-refractivity contribution < 1.29 is 0 Å². The first-order valence-electron chi connectivity index (χ1n) is 6.37. The van der Waals surface area contributed by atoms with Crippen molar-refractivity contribution in [2.24, 2.45) is 0 Å². The SMILES string of the molecule is C=C/C(=C\c1ccc(C=C)cc1C)c1ccccc1. The van der Waals surface area contributed by atoms with Crippen molar-refractivity contribution in [2.75, 3.05) is 0 Å². The number of aryl methyl sites for hydroxylation is 1. The summed E-state index contributed by atoms with van der Waals surface area (Å²) in [6.45, 7) is 9.82. The van der Waals surface area contributed by atoms with Crippen LogP contribution in [0.4, 0.5) is 0 Å². The highest BCUT2D eigenvalue weighted by molar-refractivity contribution is 5.87. The molecule has 0 saturated carbocycles. The molecule has 0 heterocycles. The lowest BCUT2D eigenvalue weighted by atomic mass is 9.99. The average molecular weight is 246 g/mol. The van der Waals surface area contributed by atoms with Gasteiger partial charge in [-0.3, -0.25) is 0 Å². The Hall–Kier alpha value is -2.34. The molecule has 0 aliphatic heterocycles. The van der Waals surface area contributed by atoms with Crippen molar-refractivity contribution in [3.63, 3.8) is 0 Å². The summed E-state index contributed by atoms with van der Waals surface area (Å²) in [6, 6.07) is 16.7. The molecule has 2 aromatic rings. The molecule has 0 bridgehead atoms. The maximum Gasteiger partial charge on any atom is -0.0184 e. The van der Waals surface area contributed by atoms with Crippen molar-refractivity contribution in [2.45, 2.75) is 6.92 Å². The van der Waals surface area contributed by atoms with Crippen LogP contribution in [0.3, 0.4) is 0 Å². The van der Waals surface area contributed by atoms with E-state index in [-0.39, 0.29) is 0 Å². The molecule has 0 N–H and O–H groups in total. The summed E-state index contributed by atoms with van der Waals surface area (Å²) in [7, 11) is 0. The summed E-state index contributed by atoms with van der Waals surface area (Å²) in [4.78, 5) is 0. The average Bonchev–Trinajstić information content (AvgIpc) is 2.47. The van der Waals surface area contributed by atoms with E-state index in [9.17, 15) is 0 Å². The molecule has 94 valence electrons. The van der Waals surface area contributed by atoms with Crippen LogP contribution in [0.25, 0.3) is 17.7 Å². The first kappa shape index (κ1) is 13.1. The third-order valence-corrected chi connectivity index (χ3v) is 3.17. The molecule has 0 saturated heterocycles. The van der Waals surface area contributed by atoms with Crippen molar-refractivity contribution in [3.05, 3.63) is 90.0 Å². The Labute approximate surface area is 115 Å². The van der Waals surface area contributed by atoms with Crippen molar-refractivity contribution in [1.82, 2.24) is 0 Å². The zero-order valence-corrected chi connectivity index (χ0v) is 11.3. The zero-order chi connectivity index (χ0) is 13.7. The number of allylic oxidation sites excluding steroid dienone is 2. The molecular formula is C19H18. The molecule has 0 aliphatic rings. The second-order valence-electron chi connectivity index (χ2n) is 4.49. The van der Waals surface area contributed by atoms with Crippen LogP contribution < -0.4 is 0 Å². The molecule has 0 amide bonds. The van der Waals surface area contributed by atoms with Gasteiger partial charge in [0.25, 0.3) is 0 Å². The van der Waals surface area contributed by atoms with Gasteiger partial charge in [0.1, 0.15) is 0 Å². The Balaban J connectivity index is 2.44. The highest BCUT2D eigenvalue weighted by Crippen LogP contribution is 2.21. The Bertz CT molecular complexity index is 616. The fourth-order valence-corrected chi connectivity index (χ4v) is 2.05. The molecule has 0 unspecified atom stereocenters. The van der Waals surface area contributed by atoms with Gasteiger partial charge in [-0.05, 0) is 40.8 Å². The summed E-state index contributed by atoms with van der Waals surface area (Å²) in [5, 5.41) is 0. The third-order valence-electron chi connectivity index (χ3n) is 3.17. The minimum Gasteiger partial charge on any atom is -0.0985 e. The summed E-state index contributed by atoms with van der Waals surface area (Å²) in [5.41, 5.74) is 5.92. The molecule has 0 atom stereocenters. The normalized spacial score (nSPS) is 11.1. The van der Waals surface area contributed by atoms with Gasteiger partial charge in [-0.2, -0.15) is 0 Å². The molecule has 19 heavy (non-hydrogen) atoms. The molecule has 0 radical (unpaired) electrons. The van der Waals surface area contributed by atoms with Gasteiger partial charge in [-0.1, -0.05) is 73.8 Å².